The number of hydrazine groups is 1. The van der Waals surface area contributed by atoms with Crippen molar-refractivity contribution >= 4 is 23.2 Å². The molecule has 8 heteroatoms. The second-order valence-electron chi connectivity index (χ2n) is 5.22. The fraction of sp³-hybridized carbons (Fsp3) is 0.375. The predicted molar refractivity (Wildman–Crippen MR) is 89.2 cm³/mol. The Bertz CT molecular complexity index is 719. The molecule has 3 heterocycles. The van der Waals surface area contributed by atoms with Gasteiger partial charge in [-0.25, -0.2) is 15.0 Å². The van der Waals surface area contributed by atoms with Crippen LogP contribution in [0.2, 0.25) is 0 Å². The molecule has 0 aromatic carbocycles. The van der Waals surface area contributed by atoms with Crippen molar-refractivity contribution in [3.05, 3.63) is 35.6 Å². The van der Waals surface area contributed by atoms with E-state index >= 15 is 0 Å². The van der Waals surface area contributed by atoms with Crippen LogP contribution in [-0.4, -0.2) is 58.1 Å². The largest absolute Gasteiger partial charge is 0.372 e. The SMILES string of the molecule is CCOCC(=O)N1CCCN1C(=O)c1csc(-c2cccnc2)n1. The van der Waals surface area contributed by atoms with Crippen molar-refractivity contribution in [1.82, 2.24) is 20.0 Å². The van der Waals surface area contributed by atoms with Crippen LogP contribution in [0.25, 0.3) is 10.6 Å². The van der Waals surface area contributed by atoms with Crippen LogP contribution in [0, 0.1) is 0 Å². The fourth-order valence-corrected chi connectivity index (χ4v) is 3.26. The van der Waals surface area contributed by atoms with E-state index in [2.05, 4.69) is 9.97 Å². The molecule has 7 nitrogen and oxygen atoms in total. The Kier molecular flexibility index (Phi) is 5.17. The maximum absolute atomic E-state index is 12.7. The van der Waals surface area contributed by atoms with Gasteiger partial charge < -0.3 is 4.74 Å². The number of carbonyl (C=O) groups excluding carboxylic acids is 2. The topological polar surface area (TPSA) is 75.6 Å². The smallest absolute Gasteiger partial charge is 0.291 e. The molecule has 0 unspecified atom stereocenters. The van der Waals surface area contributed by atoms with Gasteiger partial charge in [-0.3, -0.25) is 14.6 Å². The summed E-state index contributed by atoms with van der Waals surface area (Å²) in [6.45, 7) is 3.31. The van der Waals surface area contributed by atoms with Gasteiger partial charge in [0.1, 0.15) is 17.3 Å². The standard InChI is InChI=1S/C16H18N4O3S/c1-2-23-10-14(21)19-7-4-8-20(19)16(22)13-11-24-15(18-13)12-5-3-6-17-9-12/h3,5-6,9,11H,2,4,7-8,10H2,1H3. The van der Waals surface area contributed by atoms with Gasteiger partial charge in [-0.1, -0.05) is 0 Å². The van der Waals surface area contributed by atoms with Gasteiger partial charge in [-0.15, -0.1) is 11.3 Å². The van der Waals surface area contributed by atoms with Crippen LogP contribution in [-0.2, 0) is 9.53 Å². The molecule has 0 bridgehead atoms. The third-order valence-electron chi connectivity index (χ3n) is 3.62. The molecule has 1 saturated heterocycles. The van der Waals surface area contributed by atoms with Crippen LogP contribution in [0.1, 0.15) is 23.8 Å². The average Bonchev–Trinajstić information content (AvgIpc) is 3.29. The van der Waals surface area contributed by atoms with Gasteiger partial charge in [0.15, 0.2) is 0 Å². The first kappa shape index (κ1) is 16.5. The predicted octanol–water partition coefficient (Wildman–Crippen LogP) is 1.83. The Balaban J connectivity index is 1.74. The summed E-state index contributed by atoms with van der Waals surface area (Å²) in [5.41, 5.74) is 1.21. The number of nitrogens with zero attached hydrogens (tertiary/aromatic N) is 4. The van der Waals surface area contributed by atoms with Crippen LogP contribution in [0.5, 0.6) is 0 Å². The van der Waals surface area contributed by atoms with E-state index in [1.165, 1.54) is 21.4 Å². The lowest BCUT2D eigenvalue weighted by atomic mass is 10.3. The maximum atomic E-state index is 12.7. The van der Waals surface area contributed by atoms with Crippen molar-refractivity contribution in [1.29, 1.82) is 0 Å². The van der Waals surface area contributed by atoms with E-state index in [1.54, 1.807) is 17.8 Å². The molecule has 1 aliphatic heterocycles. The highest BCUT2D eigenvalue weighted by Gasteiger charge is 2.32. The summed E-state index contributed by atoms with van der Waals surface area (Å²) >= 11 is 1.39. The van der Waals surface area contributed by atoms with Crippen LogP contribution < -0.4 is 0 Å². The summed E-state index contributed by atoms with van der Waals surface area (Å²) in [4.78, 5) is 33.3. The summed E-state index contributed by atoms with van der Waals surface area (Å²) in [5, 5.41) is 5.37. The van der Waals surface area contributed by atoms with Gasteiger partial charge in [0.25, 0.3) is 11.8 Å². The summed E-state index contributed by atoms with van der Waals surface area (Å²) in [6, 6.07) is 3.72. The van der Waals surface area contributed by atoms with E-state index in [-0.39, 0.29) is 18.4 Å². The van der Waals surface area contributed by atoms with Crippen LogP contribution >= 0.6 is 11.3 Å². The van der Waals surface area contributed by atoms with Gasteiger partial charge in [-0.05, 0) is 25.5 Å². The first-order chi connectivity index (χ1) is 11.7. The minimum atomic E-state index is -0.260. The number of hydrogen-bond acceptors (Lipinski definition) is 6. The molecule has 2 aromatic rings. The maximum Gasteiger partial charge on any atom is 0.291 e. The van der Waals surface area contributed by atoms with Gasteiger partial charge in [-0.2, -0.15) is 0 Å². The Morgan fingerprint density at radius 3 is 2.92 bits per heavy atom. The molecule has 2 amide bonds. The Hall–Kier alpha value is -2.32. The first-order valence-corrected chi connectivity index (χ1v) is 8.64. The van der Waals surface area contributed by atoms with Crippen molar-refractivity contribution in [3.63, 3.8) is 0 Å². The van der Waals surface area contributed by atoms with Gasteiger partial charge in [0.2, 0.25) is 0 Å². The fourth-order valence-electron chi connectivity index (χ4n) is 2.47. The lowest BCUT2D eigenvalue weighted by Crippen LogP contribution is -2.46. The Morgan fingerprint density at radius 1 is 1.33 bits per heavy atom. The van der Waals surface area contributed by atoms with Crippen LogP contribution in [0.4, 0.5) is 0 Å². The van der Waals surface area contributed by atoms with Gasteiger partial charge in [0, 0.05) is 43.0 Å². The number of rotatable bonds is 5. The van der Waals surface area contributed by atoms with Crippen molar-refractivity contribution in [3.8, 4) is 10.6 Å². The minimum Gasteiger partial charge on any atom is -0.372 e. The molecule has 0 N–H and O–H groups in total. The highest BCUT2D eigenvalue weighted by Crippen LogP contribution is 2.24. The highest BCUT2D eigenvalue weighted by molar-refractivity contribution is 7.13. The van der Waals surface area contributed by atoms with E-state index in [4.69, 9.17) is 4.74 Å². The summed E-state index contributed by atoms with van der Waals surface area (Å²) in [6.07, 6.45) is 4.15. The van der Waals surface area contributed by atoms with E-state index in [1.807, 2.05) is 19.1 Å². The van der Waals surface area contributed by atoms with Crippen LogP contribution in [0.15, 0.2) is 29.9 Å². The van der Waals surface area contributed by atoms with Gasteiger partial charge in [0.05, 0.1) is 0 Å². The second kappa shape index (κ2) is 7.50. The average molecular weight is 346 g/mol. The van der Waals surface area contributed by atoms with Crippen molar-refractivity contribution in [2.24, 2.45) is 0 Å². The summed E-state index contributed by atoms with van der Waals surface area (Å²) in [5.74, 6) is -0.464. The van der Waals surface area contributed by atoms with E-state index in [0.717, 1.165) is 17.0 Å². The lowest BCUT2D eigenvalue weighted by Gasteiger charge is -2.27. The number of amides is 2. The number of hydrogen-bond donors (Lipinski definition) is 0. The van der Waals surface area contributed by atoms with Crippen molar-refractivity contribution in [2.45, 2.75) is 13.3 Å². The lowest BCUT2D eigenvalue weighted by molar-refractivity contribution is -0.145. The molecule has 24 heavy (non-hydrogen) atoms. The second-order valence-corrected chi connectivity index (χ2v) is 6.07. The molecule has 2 aromatic heterocycles. The number of thiazole rings is 1. The number of ether oxygens (including phenoxy) is 1. The third kappa shape index (κ3) is 3.44. The zero-order valence-electron chi connectivity index (χ0n) is 13.3. The zero-order valence-corrected chi connectivity index (χ0v) is 14.2. The Morgan fingerprint density at radius 2 is 2.17 bits per heavy atom. The highest BCUT2D eigenvalue weighted by atomic mass is 32.1. The van der Waals surface area contributed by atoms with Crippen molar-refractivity contribution < 1.29 is 14.3 Å². The van der Waals surface area contributed by atoms with Crippen molar-refractivity contribution in [2.75, 3.05) is 26.3 Å². The molecule has 0 radical (unpaired) electrons. The minimum absolute atomic E-state index is 0.0156. The molecular weight excluding hydrogens is 328 g/mol. The summed E-state index contributed by atoms with van der Waals surface area (Å²) < 4.78 is 5.15. The number of pyridine rings is 1. The molecule has 1 aliphatic rings. The third-order valence-corrected chi connectivity index (χ3v) is 4.51. The quantitative estimate of drug-likeness (QED) is 0.826. The molecule has 0 atom stereocenters. The molecular formula is C16H18N4O3S. The number of carbonyl (C=O) groups is 2. The molecule has 1 fully saturated rings. The number of aromatic nitrogens is 2. The molecule has 0 spiro atoms. The molecule has 126 valence electrons. The van der Waals surface area contributed by atoms with E-state index in [9.17, 15) is 9.59 Å². The zero-order chi connectivity index (χ0) is 16.9. The van der Waals surface area contributed by atoms with Crippen LogP contribution in [0.3, 0.4) is 0 Å². The summed E-state index contributed by atoms with van der Waals surface area (Å²) in [7, 11) is 0. The molecule has 0 aliphatic carbocycles. The van der Waals surface area contributed by atoms with E-state index in [0.29, 0.717) is 25.4 Å². The first-order valence-electron chi connectivity index (χ1n) is 7.76. The van der Waals surface area contributed by atoms with Gasteiger partial charge >= 0.3 is 0 Å². The van der Waals surface area contributed by atoms with E-state index < -0.39 is 0 Å². The molecule has 0 saturated carbocycles. The monoisotopic (exact) mass is 346 g/mol. The Labute approximate surface area is 143 Å². The molecule has 3 rings (SSSR count). The normalized spacial score (nSPS) is 14.2.